The van der Waals surface area contributed by atoms with E-state index < -0.39 is 0 Å². The molecule has 0 fully saturated rings. The highest BCUT2D eigenvalue weighted by Gasteiger charge is 2.15. The van der Waals surface area contributed by atoms with E-state index in [-0.39, 0.29) is 5.91 Å². The third kappa shape index (κ3) is 2.66. The Bertz CT molecular complexity index is 619. The quantitative estimate of drug-likeness (QED) is 0.858. The van der Waals surface area contributed by atoms with Crippen LogP contribution in [0.15, 0.2) is 30.5 Å². The van der Waals surface area contributed by atoms with E-state index in [1.807, 2.05) is 32.0 Å². The molecule has 1 heterocycles. The molecule has 2 rings (SSSR count). The lowest BCUT2D eigenvalue weighted by molar-refractivity contribution is 0.0796. The molecular weight excluding hydrogens is 254 g/mol. The van der Waals surface area contributed by atoms with Crippen LogP contribution in [0, 0.1) is 6.92 Å². The summed E-state index contributed by atoms with van der Waals surface area (Å²) in [5.41, 5.74) is 2.36. The maximum Gasteiger partial charge on any atom is 0.274 e. The number of aryl methyl sites for hydroxylation is 1. The average Bonchev–Trinajstić information content (AvgIpc) is 2.95. The summed E-state index contributed by atoms with van der Waals surface area (Å²) in [5.74, 6) is 0.638. The first-order valence-electron chi connectivity index (χ1n) is 6.53. The van der Waals surface area contributed by atoms with Gasteiger partial charge in [-0.1, -0.05) is 6.07 Å². The fourth-order valence-electron chi connectivity index (χ4n) is 1.89. The van der Waals surface area contributed by atoms with E-state index in [0.29, 0.717) is 12.2 Å². The second-order valence-corrected chi connectivity index (χ2v) is 4.64. The molecule has 5 nitrogen and oxygen atoms in total. The predicted molar refractivity (Wildman–Crippen MR) is 77.5 cm³/mol. The second-order valence-electron chi connectivity index (χ2n) is 4.64. The van der Waals surface area contributed by atoms with Crippen LogP contribution in [-0.4, -0.2) is 41.3 Å². The molecule has 106 valence electrons. The summed E-state index contributed by atoms with van der Waals surface area (Å²) in [6.07, 6.45) is 1.77. The van der Waals surface area contributed by atoms with Crippen molar-refractivity contribution >= 4 is 5.91 Å². The number of aromatic nitrogens is 2. The molecule has 0 N–H and O–H groups in total. The van der Waals surface area contributed by atoms with Crippen molar-refractivity contribution in [3.05, 3.63) is 41.7 Å². The van der Waals surface area contributed by atoms with Crippen molar-refractivity contribution in [2.75, 3.05) is 20.7 Å². The van der Waals surface area contributed by atoms with E-state index in [0.717, 1.165) is 17.0 Å². The lowest BCUT2D eigenvalue weighted by atomic mass is 10.2. The number of rotatable bonds is 4. The molecule has 0 bridgehead atoms. The van der Waals surface area contributed by atoms with Crippen LogP contribution in [0.1, 0.15) is 23.0 Å². The normalized spacial score (nSPS) is 10.4. The molecule has 0 aliphatic carbocycles. The molecule has 5 heteroatoms. The summed E-state index contributed by atoms with van der Waals surface area (Å²) in [7, 11) is 3.38. The molecule has 20 heavy (non-hydrogen) atoms. The van der Waals surface area contributed by atoms with E-state index in [1.165, 1.54) is 0 Å². The zero-order valence-corrected chi connectivity index (χ0v) is 12.3. The van der Waals surface area contributed by atoms with E-state index in [1.54, 1.807) is 36.0 Å². The number of nitrogens with zero attached hydrogens (tertiary/aromatic N) is 3. The Balaban J connectivity index is 2.38. The van der Waals surface area contributed by atoms with E-state index in [2.05, 4.69) is 5.10 Å². The number of methoxy groups -OCH3 is 1. The average molecular weight is 273 g/mol. The first kappa shape index (κ1) is 14.1. The smallest absolute Gasteiger partial charge is 0.274 e. The molecule has 1 aromatic heterocycles. The summed E-state index contributed by atoms with van der Waals surface area (Å²) < 4.78 is 7.01. The van der Waals surface area contributed by atoms with E-state index in [9.17, 15) is 4.79 Å². The highest BCUT2D eigenvalue weighted by molar-refractivity contribution is 5.92. The van der Waals surface area contributed by atoms with Gasteiger partial charge in [-0.2, -0.15) is 5.10 Å². The number of carbonyl (C=O) groups is 1. The highest BCUT2D eigenvalue weighted by Crippen LogP contribution is 2.23. The van der Waals surface area contributed by atoms with Gasteiger partial charge in [0, 0.05) is 19.8 Å². The summed E-state index contributed by atoms with van der Waals surface area (Å²) >= 11 is 0. The van der Waals surface area contributed by atoms with Crippen molar-refractivity contribution in [2.24, 2.45) is 0 Å². The van der Waals surface area contributed by atoms with Crippen molar-refractivity contribution < 1.29 is 9.53 Å². The minimum atomic E-state index is -0.0853. The molecule has 0 spiro atoms. The SMILES string of the molecule is CCN(C)C(=O)c1ccn(-c2cc(C)ccc2OC)n1. The predicted octanol–water partition coefficient (Wildman–Crippen LogP) is 2.28. The summed E-state index contributed by atoms with van der Waals surface area (Å²) in [4.78, 5) is 13.7. The molecule has 0 unspecified atom stereocenters. The Morgan fingerprint density at radius 3 is 2.80 bits per heavy atom. The van der Waals surface area contributed by atoms with Crippen LogP contribution >= 0.6 is 0 Å². The maximum absolute atomic E-state index is 12.1. The minimum Gasteiger partial charge on any atom is -0.494 e. The number of hydrogen-bond donors (Lipinski definition) is 0. The second kappa shape index (κ2) is 5.77. The molecule has 2 aromatic rings. The Hall–Kier alpha value is -2.30. The van der Waals surface area contributed by atoms with Gasteiger partial charge in [-0.05, 0) is 37.6 Å². The van der Waals surface area contributed by atoms with Crippen LogP contribution in [0.4, 0.5) is 0 Å². The van der Waals surface area contributed by atoms with Crippen LogP contribution in [0.2, 0.25) is 0 Å². The fraction of sp³-hybridized carbons (Fsp3) is 0.333. The maximum atomic E-state index is 12.1. The number of benzene rings is 1. The third-order valence-electron chi connectivity index (χ3n) is 3.21. The third-order valence-corrected chi connectivity index (χ3v) is 3.21. The lowest BCUT2D eigenvalue weighted by Crippen LogP contribution is -2.26. The zero-order chi connectivity index (χ0) is 14.7. The number of amides is 1. The van der Waals surface area contributed by atoms with Gasteiger partial charge >= 0.3 is 0 Å². The van der Waals surface area contributed by atoms with Gasteiger partial charge in [0.1, 0.15) is 11.4 Å². The molecule has 1 aromatic carbocycles. The fourth-order valence-corrected chi connectivity index (χ4v) is 1.89. The van der Waals surface area contributed by atoms with Crippen molar-refractivity contribution in [1.29, 1.82) is 0 Å². The summed E-state index contributed by atoms with van der Waals surface area (Å²) in [5, 5.41) is 4.34. The summed E-state index contributed by atoms with van der Waals surface area (Å²) in [6.45, 7) is 4.58. The van der Waals surface area contributed by atoms with Gasteiger partial charge in [0.25, 0.3) is 5.91 Å². The van der Waals surface area contributed by atoms with Gasteiger partial charge in [-0.25, -0.2) is 4.68 Å². The Morgan fingerprint density at radius 1 is 1.40 bits per heavy atom. The van der Waals surface area contributed by atoms with Gasteiger partial charge in [0.2, 0.25) is 0 Å². The van der Waals surface area contributed by atoms with Crippen LogP contribution < -0.4 is 4.74 Å². The van der Waals surface area contributed by atoms with Crippen molar-refractivity contribution in [2.45, 2.75) is 13.8 Å². The Kier molecular flexibility index (Phi) is 4.08. The Labute approximate surface area is 118 Å². The molecule has 0 aliphatic rings. The largest absolute Gasteiger partial charge is 0.494 e. The molecule has 0 saturated carbocycles. The zero-order valence-electron chi connectivity index (χ0n) is 12.3. The summed E-state index contributed by atoms with van der Waals surface area (Å²) in [6, 6.07) is 7.56. The highest BCUT2D eigenvalue weighted by atomic mass is 16.5. The van der Waals surface area contributed by atoms with E-state index >= 15 is 0 Å². The first-order valence-corrected chi connectivity index (χ1v) is 6.53. The topological polar surface area (TPSA) is 47.4 Å². The number of carbonyl (C=O) groups excluding carboxylic acids is 1. The van der Waals surface area contributed by atoms with Gasteiger partial charge in [-0.15, -0.1) is 0 Å². The molecule has 0 atom stereocenters. The van der Waals surface area contributed by atoms with Crippen LogP contribution in [0.3, 0.4) is 0 Å². The molecule has 1 amide bonds. The lowest BCUT2D eigenvalue weighted by Gasteiger charge is -2.12. The van der Waals surface area contributed by atoms with E-state index in [4.69, 9.17) is 4.74 Å². The van der Waals surface area contributed by atoms with Crippen LogP contribution in [-0.2, 0) is 0 Å². The number of ether oxygens (including phenoxy) is 1. The molecule has 0 saturated heterocycles. The van der Waals surface area contributed by atoms with Crippen molar-refractivity contribution in [3.8, 4) is 11.4 Å². The van der Waals surface area contributed by atoms with Crippen molar-refractivity contribution in [1.82, 2.24) is 14.7 Å². The number of hydrogen-bond acceptors (Lipinski definition) is 3. The first-order chi connectivity index (χ1) is 9.56. The van der Waals surface area contributed by atoms with Gasteiger partial charge in [0.05, 0.1) is 7.11 Å². The van der Waals surface area contributed by atoms with Crippen molar-refractivity contribution in [3.63, 3.8) is 0 Å². The monoisotopic (exact) mass is 273 g/mol. The molecular formula is C15H19N3O2. The molecule has 0 radical (unpaired) electrons. The van der Waals surface area contributed by atoms with Gasteiger partial charge < -0.3 is 9.64 Å². The standard InChI is InChI=1S/C15H19N3O2/c1-5-17(3)15(19)12-8-9-18(16-12)13-10-11(2)6-7-14(13)20-4/h6-10H,5H2,1-4H3. The van der Waals surface area contributed by atoms with Gasteiger partial charge in [0.15, 0.2) is 5.69 Å². The Morgan fingerprint density at radius 2 is 2.15 bits per heavy atom. The van der Waals surface area contributed by atoms with Crippen LogP contribution in [0.25, 0.3) is 5.69 Å². The van der Waals surface area contributed by atoms with Crippen LogP contribution in [0.5, 0.6) is 5.75 Å². The van der Waals surface area contributed by atoms with Gasteiger partial charge in [-0.3, -0.25) is 4.79 Å². The minimum absolute atomic E-state index is 0.0853. The molecule has 0 aliphatic heterocycles.